The maximum absolute atomic E-state index is 12.8. The van der Waals surface area contributed by atoms with E-state index in [0.717, 1.165) is 4.90 Å². The van der Waals surface area contributed by atoms with Gasteiger partial charge in [-0.2, -0.15) is 0 Å². The van der Waals surface area contributed by atoms with Gasteiger partial charge in [-0.15, -0.1) is 11.8 Å². The van der Waals surface area contributed by atoms with Gasteiger partial charge in [-0.1, -0.05) is 42.8 Å². The first kappa shape index (κ1) is 25.1. The molecule has 2 amide bonds. The van der Waals surface area contributed by atoms with Crippen LogP contribution in [0.15, 0.2) is 77.7 Å². The molecule has 176 valence electrons. The molecule has 0 aliphatic rings. The lowest BCUT2D eigenvalue weighted by Gasteiger charge is -2.16. The molecule has 0 spiro atoms. The van der Waals surface area contributed by atoms with Crippen molar-refractivity contribution in [3.05, 3.63) is 83.4 Å². The molecular weight excluding hydrogens is 476 g/mol. The summed E-state index contributed by atoms with van der Waals surface area (Å²) in [6.45, 7) is 1.75. The van der Waals surface area contributed by atoms with Crippen molar-refractivity contribution >= 4 is 52.5 Å². The van der Waals surface area contributed by atoms with Crippen molar-refractivity contribution in [3.63, 3.8) is 0 Å². The number of rotatable bonds is 10. The van der Waals surface area contributed by atoms with Crippen LogP contribution >= 0.6 is 23.4 Å². The number of carbonyl (C=O) groups is 3. The molecule has 0 heterocycles. The molecule has 0 bridgehead atoms. The molecule has 7 nitrogen and oxygen atoms in total. The lowest BCUT2D eigenvalue weighted by atomic mass is 10.2. The number of carboxylic acid groups (broad SMARTS) is 1. The number of halogens is 1. The van der Waals surface area contributed by atoms with Crippen LogP contribution in [-0.4, -0.2) is 34.7 Å². The SMILES string of the molecule is CCC(Sc1cccc(NC(=O)COc2ccccc2)c1)C(=O)Nc1cc(C(=O)O)ccc1Cl. The zero-order chi connectivity index (χ0) is 24.5. The summed E-state index contributed by atoms with van der Waals surface area (Å²) in [6, 6.07) is 20.3. The van der Waals surface area contributed by atoms with Crippen LogP contribution in [0.25, 0.3) is 0 Å². The van der Waals surface area contributed by atoms with E-state index in [1.165, 1.54) is 30.0 Å². The van der Waals surface area contributed by atoms with Crippen molar-refractivity contribution < 1.29 is 24.2 Å². The van der Waals surface area contributed by atoms with Crippen molar-refractivity contribution in [2.45, 2.75) is 23.5 Å². The molecule has 34 heavy (non-hydrogen) atoms. The summed E-state index contributed by atoms with van der Waals surface area (Å²) >= 11 is 7.45. The topological polar surface area (TPSA) is 105 Å². The van der Waals surface area contributed by atoms with E-state index in [0.29, 0.717) is 17.9 Å². The molecule has 9 heteroatoms. The minimum absolute atomic E-state index is 0.0279. The summed E-state index contributed by atoms with van der Waals surface area (Å²) in [7, 11) is 0. The van der Waals surface area contributed by atoms with E-state index in [-0.39, 0.29) is 34.7 Å². The Bertz CT molecular complexity index is 1170. The first-order valence-electron chi connectivity index (χ1n) is 10.4. The molecule has 1 atom stereocenters. The predicted octanol–water partition coefficient (Wildman–Crippen LogP) is 5.57. The van der Waals surface area contributed by atoms with Gasteiger partial charge in [0.1, 0.15) is 5.75 Å². The molecule has 0 aliphatic carbocycles. The van der Waals surface area contributed by atoms with Crippen LogP contribution in [0.3, 0.4) is 0 Å². The van der Waals surface area contributed by atoms with Crippen LogP contribution in [0.2, 0.25) is 5.02 Å². The van der Waals surface area contributed by atoms with Gasteiger partial charge in [0, 0.05) is 10.6 Å². The molecule has 0 radical (unpaired) electrons. The van der Waals surface area contributed by atoms with Crippen LogP contribution in [0.5, 0.6) is 5.75 Å². The summed E-state index contributed by atoms with van der Waals surface area (Å²) in [5.41, 5.74) is 0.851. The second kappa shape index (κ2) is 12.1. The van der Waals surface area contributed by atoms with Crippen molar-refractivity contribution in [3.8, 4) is 5.75 Å². The smallest absolute Gasteiger partial charge is 0.335 e. The Kier molecular flexibility index (Phi) is 8.95. The molecule has 0 saturated carbocycles. The van der Waals surface area contributed by atoms with Gasteiger partial charge in [-0.05, 0) is 55.0 Å². The van der Waals surface area contributed by atoms with Crippen LogP contribution < -0.4 is 15.4 Å². The average Bonchev–Trinajstić information content (AvgIpc) is 2.83. The first-order chi connectivity index (χ1) is 16.4. The molecular formula is C25H23ClN2O5S. The minimum Gasteiger partial charge on any atom is -0.484 e. The number of hydrogen-bond acceptors (Lipinski definition) is 5. The van der Waals surface area contributed by atoms with E-state index in [4.69, 9.17) is 21.4 Å². The Labute approximate surface area is 206 Å². The Morgan fingerprint density at radius 3 is 2.47 bits per heavy atom. The van der Waals surface area contributed by atoms with Crippen LogP contribution in [-0.2, 0) is 9.59 Å². The van der Waals surface area contributed by atoms with Gasteiger partial charge < -0.3 is 20.5 Å². The summed E-state index contributed by atoms with van der Waals surface area (Å²) in [4.78, 5) is 37.1. The second-order valence-corrected chi connectivity index (χ2v) is 8.86. The van der Waals surface area contributed by atoms with E-state index >= 15 is 0 Å². The summed E-state index contributed by atoms with van der Waals surface area (Å²) < 4.78 is 5.46. The van der Waals surface area contributed by atoms with Crippen molar-refractivity contribution in [2.24, 2.45) is 0 Å². The van der Waals surface area contributed by atoms with Gasteiger partial charge in [0.15, 0.2) is 6.61 Å². The van der Waals surface area contributed by atoms with Crippen molar-refractivity contribution in [2.75, 3.05) is 17.2 Å². The fourth-order valence-electron chi connectivity index (χ4n) is 2.96. The highest BCUT2D eigenvalue weighted by molar-refractivity contribution is 8.00. The number of para-hydroxylation sites is 1. The maximum atomic E-state index is 12.8. The monoisotopic (exact) mass is 498 g/mol. The fourth-order valence-corrected chi connectivity index (χ4v) is 4.14. The van der Waals surface area contributed by atoms with Crippen LogP contribution in [0, 0.1) is 0 Å². The van der Waals surface area contributed by atoms with Gasteiger partial charge in [0.05, 0.1) is 21.5 Å². The Balaban J connectivity index is 1.61. The number of aromatic carboxylic acids is 1. The Hall–Kier alpha value is -3.49. The normalized spacial score (nSPS) is 11.4. The standard InChI is InChI=1S/C25H23ClN2O5S/c1-2-22(24(30)28-21-13-16(25(31)32)11-12-20(21)26)34-19-10-6-7-17(14-19)27-23(29)15-33-18-8-4-3-5-9-18/h3-14,22H,2,15H2,1H3,(H,27,29)(H,28,30)(H,31,32). The highest BCUT2D eigenvalue weighted by Gasteiger charge is 2.20. The largest absolute Gasteiger partial charge is 0.484 e. The third-order valence-electron chi connectivity index (χ3n) is 4.64. The predicted molar refractivity (Wildman–Crippen MR) is 134 cm³/mol. The van der Waals surface area contributed by atoms with Gasteiger partial charge in [-0.25, -0.2) is 4.79 Å². The third kappa shape index (κ3) is 7.26. The Morgan fingerprint density at radius 2 is 1.76 bits per heavy atom. The minimum atomic E-state index is -1.11. The van der Waals surface area contributed by atoms with Crippen molar-refractivity contribution in [1.29, 1.82) is 0 Å². The lowest BCUT2D eigenvalue weighted by Crippen LogP contribution is -2.25. The number of anilines is 2. The highest BCUT2D eigenvalue weighted by atomic mass is 35.5. The first-order valence-corrected chi connectivity index (χ1v) is 11.7. The fraction of sp³-hybridized carbons (Fsp3) is 0.160. The molecule has 3 aromatic carbocycles. The number of hydrogen-bond donors (Lipinski definition) is 3. The Morgan fingerprint density at radius 1 is 1.00 bits per heavy atom. The number of carbonyl (C=O) groups excluding carboxylic acids is 2. The number of carboxylic acids is 1. The second-order valence-electron chi connectivity index (χ2n) is 7.18. The number of benzene rings is 3. The summed E-state index contributed by atoms with van der Waals surface area (Å²) in [6.07, 6.45) is 0.522. The molecule has 3 N–H and O–H groups in total. The average molecular weight is 499 g/mol. The quantitative estimate of drug-likeness (QED) is 0.316. The molecule has 0 aromatic heterocycles. The molecule has 0 saturated heterocycles. The highest BCUT2D eigenvalue weighted by Crippen LogP contribution is 2.30. The van der Waals surface area contributed by atoms with E-state index < -0.39 is 11.2 Å². The summed E-state index contributed by atoms with van der Waals surface area (Å²) in [5.74, 6) is -1.11. The molecule has 3 rings (SSSR count). The number of ether oxygens (including phenoxy) is 1. The zero-order valence-corrected chi connectivity index (χ0v) is 19.9. The van der Waals surface area contributed by atoms with Gasteiger partial charge in [0.25, 0.3) is 5.91 Å². The number of nitrogens with one attached hydrogen (secondary N) is 2. The zero-order valence-electron chi connectivity index (χ0n) is 18.3. The lowest BCUT2D eigenvalue weighted by molar-refractivity contribution is -0.118. The van der Waals surface area contributed by atoms with Gasteiger partial charge in [0.2, 0.25) is 5.91 Å². The third-order valence-corrected chi connectivity index (χ3v) is 6.33. The van der Waals surface area contributed by atoms with E-state index in [1.807, 2.05) is 31.2 Å². The van der Waals surface area contributed by atoms with E-state index in [2.05, 4.69) is 10.6 Å². The number of amides is 2. The van der Waals surface area contributed by atoms with Crippen molar-refractivity contribution in [1.82, 2.24) is 0 Å². The van der Waals surface area contributed by atoms with Gasteiger partial charge >= 0.3 is 5.97 Å². The summed E-state index contributed by atoms with van der Waals surface area (Å²) in [5, 5.41) is 14.5. The van der Waals surface area contributed by atoms with Crippen LogP contribution in [0.1, 0.15) is 23.7 Å². The van der Waals surface area contributed by atoms with Gasteiger partial charge in [-0.3, -0.25) is 9.59 Å². The molecule has 1 unspecified atom stereocenters. The molecule has 3 aromatic rings. The maximum Gasteiger partial charge on any atom is 0.335 e. The molecule has 0 fully saturated rings. The number of thioether (sulfide) groups is 1. The van der Waals surface area contributed by atoms with E-state index in [9.17, 15) is 14.4 Å². The van der Waals surface area contributed by atoms with Crippen LogP contribution in [0.4, 0.5) is 11.4 Å². The molecule has 0 aliphatic heterocycles. The van der Waals surface area contributed by atoms with E-state index in [1.54, 1.807) is 30.3 Å².